The van der Waals surface area contributed by atoms with E-state index >= 15 is 0 Å². The molecule has 1 aromatic carbocycles. The van der Waals surface area contributed by atoms with Gasteiger partial charge in [-0.15, -0.1) is 0 Å². The molecule has 0 fully saturated rings. The third-order valence-electron chi connectivity index (χ3n) is 2.77. The van der Waals surface area contributed by atoms with Crippen LogP contribution in [0, 0.1) is 0 Å². The van der Waals surface area contributed by atoms with Crippen LogP contribution in [0.15, 0.2) is 41.1 Å². The van der Waals surface area contributed by atoms with Gasteiger partial charge < -0.3 is 10.2 Å². The van der Waals surface area contributed by atoms with E-state index in [0.717, 1.165) is 29.1 Å². The van der Waals surface area contributed by atoms with Crippen LogP contribution in [0.25, 0.3) is 0 Å². The number of anilines is 1. The molecule has 2 rings (SSSR count). The predicted octanol–water partition coefficient (Wildman–Crippen LogP) is 2.59. The van der Waals surface area contributed by atoms with Gasteiger partial charge in [0, 0.05) is 24.6 Å². The maximum atomic E-state index is 4.43. The highest BCUT2D eigenvalue weighted by Gasteiger charge is 2.04. The zero-order valence-corrected chi connectivity index (χ0v) is 12.7. The summed E-state index contributed by atoms with van der Waals surface area (Å²) in [6.45, 7) is 1.55. The van der Waals surface area contributed by atoms with Crippen molar-refractivity contribution in [3.05, 3.63) is 52.4 Å². The number of halogens is 1. The van der Waals surface area contributed by atoms with E-state index in [1.54, 1.807) is 0 Å². The number of rotatable bonds is 5. The summed E-state index contributed by atoms with van der Waals surface area (Å²) in [7, 11) is 3.92. The molecule has 0 amide bonds. The molecular formula is C14H17BrN4. The van der Waals surface area contributed by atoms with E-state index in [1.807, 2.05) is 38.6 Å². The molecule has 4 nitrogen and oxygen atoms in total. The predicted molar refractivity (Wildman–Crippen MR) is 81.0 cm³/mol. The second-order valence-electron chi connectivity index (χ2n) is 4.38. The van der Waals surface area contributed by atoms with Crippen LogP contribution >= 0.6 is 15.9 Å². The van der Waals surface area contributed by atoms with Crippen molar-refractivity contribution in [2.75, 3.05) is 19.0 Å². The average molecular weight is 321 g/mol. The summed E-state index contributed by atoms with van der Waals surface area (Å²) < 4.78 is 1.09. The molecule has 1 N–H and O–H groups in total. The minimum absolute atomic E-state index is 0.740. The van der Waals surface area contributed by atoms with Crippen LogP contribution in [-0.2, 0) is 13.1 Å². The highest BCUT2D eigenvalue weighted by molar-refractivity contribution is 9.10. The van der Waals surface area contributed by atoms with Gasteiger partial charge in [-0.3, -0.25) is 4.98 Å². The van der Waals surface area contributed by atoms with Gasteiger partial charge in [0.1, 0.15) is 5.82 Å². The van der Waals surface area contributed by atoms with Crippen molar-refractivity contribution in [3.8, 4) is 0 Å². The molecule has 0 radical (unpaired) electrons. The van der Waals surface area contributed by atoms with E-state index in [4.69, 9.17) is 0 Å². The second kappa shape index (κ2) is 6.63. The number of hydrogen-bond acceptors (Lipinski definition) is 4. The molecule has 0 unspecified atom stereocenters. The van der Waals surface area contributed by atoms with Crippen molar-refractivity contribution in [1.29, 1.82) is 0 Å². The fourth-order valence-corrected chi connectivity index (χ4v) is 2.03. The van der Waals surface area contributed by atoms with Crippen molar-refractivity contribution in [1.82, 2.24) is 15.3 Å². The Labute approximate surface area is 122 Å². The first-order valence-electron chi connectivity index (χ1n) is 6.10. The normalized spacial score (nSPS) is 10.5. The van der Waals surface area contributed by atoms with Crippen LogP contribution < -0.4 is 10.2 Å². The molecular weight excluding hydrogens is 304 g/mol. The molecule has 0 bridgehead atoms. The summed E-state index contributed by atoms with van der Waals surface area (Å²) in [6, 6.07) is 8.29. The summed E-state index contributed by atoms with van der Waals surface area (Å²) in [4.78, 5) is 10.9. The SMILES string of the molecule is CNCc1cnc(N(C)Cc2ccc(Br)cc2)cn1. The van der Waals surface area contributed by atoms with Crippen LogP contribution in [0.3, 0.4) is 0 Å². The summed E-state index contributed by atoms with van der Waals surface area (Å²) in [5.74, 6) is 0.878. The number of nitrogens with one attached hydrogen (secondary N) is 1. The fraction of sp³-hybridized carbons (Fsp3) is 0.286. The van der Waals surface area contributed by atoms with Crippen molar-refractivity contribution in [3.63, 3.8) is 0 Å². The molecule has 0 aliphatic carbocycles. The first kappa shape index (κ1) is 14.0. The molecule has 2 aromatic rings. The monoisotopic (exact) mass is 320 g/mol. The molecule has 1 aromatic heterocycles. The summed E-state index contributed by atoms with van der Waals surface area (Å²) in [5.41, 5.74) is 2.19. The average Bonchev–Trinajstić information content (AvgIpc) is 2.42. The van der Waals surface area contributed by atoms with Gasteiger partial charge in [0.15, 0.2) is 0 Å². The molecule has 1 heterocycles. The lowest BCUT2D eigenvalue weighted by Crippen LogP contribution is -2.18. The summed E-state index contributed by atoms with van der Waals surface area (Å²) >= 11 is 3.44. The molecule has 0 saturated heterocycles. The molecule has 5 heteroatoms. The van der Waals surface area contributed by atoms with Crippen LogP contribution in [-0.4, -0.2) is 24.1 Å². The molecule has 100 valence electrons. The minimum atomic E-state index is 0.740. The van der Waals surface area contributed by atoms with Crippen molar-refractivity contribution in [2.45, 2.75) is 13.1 Å². The van der Waals surface area contributed by atoms with Crippen molar-refractivity contribution in [2.24, 2.45) is 0 Å². The Morgan fingerprint density at radius 1 is 1.16 bits per heavy atom. The van der Waals surface area contributed by atoms with Crippen LogP contribution in [0.1, 0.15) is 11.3 Å². The minimum Gasteiger partial charge on any atom is -0.354 e. The Kier molecular flexibility index (Phi) is 4.87. The Morgan fingerprint density at radius 2 is 1.89 bits per heavy atom. The lowest BCUT2D eigenvalue weighted by Gasteiger charge is -2.18. The van der Waals surface area contributed by atoms with Gasteiger partial charge in [-0.1, -0.05) is 28.1 Å². The Morgan fingerprint density at radius 3 is 2.47 bits per heavy atom. The highest BCUT2D eigenvalue weighted by atomic mass is 79.9. The van der Waals surface area contributed by atoms with E-state index in [-0.39, 0.29) is 0 Å². The number of nitrogens with zero attached hydrogens (tertiary/aromatic N) is 3. The first-order valence-corrected chi connectivity index (χ1v) is 6.89. The lowest BCUT2D eigenvalue weighted by atomic mass is 10.2. The number of hydrogen-bond donors (Lipinski definition) is 1. The lowest BCUT2D eigenvalue weighted by molar-refractivity contribution is 0.779. The Hall–Kier alpha value is -1.46. The molecule has 0 aliphatic heterocycles. The Bertz CT molecular complexity index is 510. The largest absolute Gasteiger partial charge is 0.354 e. The van der Waals surface area contributed by atoms with Gasteiger partial charge in [-0.05, 0) is 24.7 Å². The van der Waals surface area contributed by atoms with Gasteiger partial charge >= 0.3 is 0 Å². The highest BCUT2D eigenvalue weighted by Crippen LogP contribution is 2.14. The van der Waals surface area contributed by atoms with E-state index in [9.17, 15) is 0 Å². The Balaban J connectivity index is 2.02. The maximum absolute atomic E-state index is 4.43. The van der Waals surface area contributed by atoms with E-state index < -0.39 is 0 Å². The quantitative estimate of drug-likeness (QED) is 0.919. The zero-order chi connectivity index (χ0) is 13.7. The van der Waals surface area contributed by atoms with E-state index in [2.05, 4.69) is 48.2 Å². The third-order valence-corrected chi connectivity index (χ3v) is 3.30. The van der Waals surface area contributed by atoms with Gasteiger partial charge in [-0.25, -0.2) is 4.98 Å². The molecule has 0 atom stereocenters. The van der Waals surface area contributed by atoms with Crippen molar-refractivity contribution >= 4 is 21.7 Å². The molecule has 0 aliphatic rings. The zero-order valence-electron chi connectivity index (χ0n) is 11.1. The van der Waals surface area contributed by atoms with Gasteiger partial charge in [0.2, 0.25) is 0 Å². The van der Waals surface area contributed by atoms with Crippen LogP contribution in [0.4, 0.5) is 5.82 Å². The maximum Gasteiger partial charge on any atom is 0.147 e. The third kappa shape index (κ3) is 4.01. The second-order valence-corrected chi connectivity index (χ2v) is 5.29. The fourth-order valence-electron chi connectivity index (χ4n) is 1.76. The molecule has 19 heavy (non-hydrogen) atoms. The topological polar surface area (TPSA) is 41.1 Å². The standard InChI is InChI=1S/C14H17BrN4/c1-16-7-13-8-18-14(9-17-13)19(2)10-11-3-5-12(15)6-4-11/h3-6,8-9,16H,7,10H2,1-2H3. The number of aromatic nitrogens is 2. The van der Waals surface area contributed by atoms with Gasteiger partial charge in [0.25, 0.3) is 0 Å². The first-order chi connectivity index (χ1) is 9.19. The number of benzene rings is 1. The molecule has 0 spiro atoms. The summed E-state index contributed by atoms with van der Waals surface area (Å²) in [6.07, 6.45) is 3.62. The van der Waals surface area contributed by atoms with Gasteiger partial charge in [0.05, 0.1) is 18.1 Å². The van der Waals surface area contributed by atoms with Gasteiger partial charge in [-0.2, -0.15) is 0 Å². The van der Waals surface area contributed by atoms with Crippen molar-refractivity contribution < 1.29 is 0 Å². The smallest absolute Gasteiger partial charge is 0.147 e. The summed E-state index contributed by atoms with van der Waals surface area (Å²) in [5, 5.41) is 3.06. The van der Waals surface area contributed by atoms with Crippen LogP contribution in [0.2, 0.25) is 0 Å². The van der Waals surface area contributed by atoms with E-state index in [0.29, 0.717) is 0 Å². The van der Waals surface area contributed by atoms with E-state index in [1.165, 1.54) is 5.56 Å². The molecule has 0 saturated carbocycles. The van der Waals surface area contributed by atoms with Crippen LogP contribution in [0.5, 0.6) is 0 Å².